The third kappa shape index (κ3) is 3.67. The first-order valence-electron chi connectivity index (χ1n) is 8.31. The summed E-state index contributed by atoms with van der Waals surface area (Å²) in [6, 6.07) is 9.44. The highest BCUT2D eigenvalue weighted by Crippen LogP contribution is 2.47. The fourth-order valence-corrected chi connectivity index (χ4v) is 3.80. The molecule has 1 aliphatic rings. The predicted molar refractivity (Wildman–Crippen MR) is 89.6 cm³/mol. The maximum atomic E-state index is 6.30. The predicted octanol–water partition coefficient (Wildman–Crippen LogP) is 4.49. The lowest BCUT2D eigenvalue weighted by molar-refractivity contribution is -0.0778. The first kappa shape index (κ1) is 16.5. The van der Waals surface area contributed by atoms with Gasteiger partial charge in [-0.15, -0.1) is 0 Å². The van der Waals surface area contributed by atoms with E-state index in [0.29, 0.717) is 12.0 Å². The number of benzene rings is 1. The Morgan fingerprint density at radius 3 is 2.19 bits per heavy atom. The molecule has 1 fully saturated rings. The molecule has 1 aromatic rings. The average Bonchev–Trinajstić information content (AvgIpc) is 2.64. The number of aryl methyl sites for hydroxylation is 1. The Bertz CT molecular complexity index is 461. The van der Waals surface area contributed by atoms with Crippen LogP contribution in [-0.4, -0.2) is 17.7 Å². The Morgan fingerprint density at radius 1 is 1.14 bits per heavy atom. The summed E-state index contributed by atoms with van der Waals surface area (Å²) in [7, 11) is 0. The molecule has 0 amide bonds. The second-order valence-corrected chi connectivity index (χ2v) is 7.41. The molecule has 1 aliphatic heterocycles. The molecule has 0 radical (unpaired) electrons. The van der Waals surface area contributed by atoms with Gasteiger partial charge >= 0.3 is 0 Å². The molecule has 1 heterocycles. The van der Waals surface area contributed by atoms with Crippen LogP contribution < -0.4 is 5.32 Å². The van der Waals surface area contributed by atoms with Gasteiger partial charge in [0.1, 0.15) is 0 Å². The van der Waals surface area contributed by atoms with Crippen molar-refractivity contribution >= 4 is 0 Å². The van der Waals surface area contributed by atoms with Crippen molar-refractivity contribution in [3.63, 3.8) is 0 Å². The van der Waals surface area contributed by atoms with E-state index in [1.54, 1.807) is 0 Å². The van der Waals surface area contributed by atoms with Crippen LogP contribution in [0.5, 0.6) is 0 Å². The highest BCUT2D eigenvalue weighted by Gasteiger charge is 2.49. The summed E-state index contributed by atoms with van der Waals surface area (Å²) >= 11 is 0. The zero-order valence-corrected chi connectivity index (χ0v) is 14.5. The van der Waals surface area contributed by atoms with Crippen LogP contribution in [0.2, 0.25) is 0 Å². The van der Waals surface area contributed by atoms with Crippen LogP contribution in [0, 0.1) is 5.92 Å². The maximum absolute atomic E-state index is 6.30. The summed E-state index contributed by atoms with van der Waals surface area (Å²) in [4.78, 5) is 0. The van der Waals surface area contributed by atoms with Gasteiger partial charge in [-0.05, 0) is 58.2 Å². The molecular weight excluding hydrogens is 258 g/mol. The van der Waals surface area contributed by atoms with E-state index in [1.807, 2.05) is 0 Å². The second kappa shape index (κ2) is 6.10. The van der Waals surface area contributed by atoms with Gasteiger partial charge in [0.25, 0.3) is 0 Å². The van der Waals surface area contributed by atoms with Crippen molar-refractivity contribution in [2.24, 2.45) is 5.92 Å². The minimum Gasteiger partial charge on any atom is -0.369 e. The monoisotopic (exact) mass is 289 g/mol. The van der Waals surface area contributed by atoms with Crippen LogP contribution in [0.4, 0.5) is 0 Å². The summed E-state index contributed by atoms with van der Waals surface area (Å²) in [5.74, 6) is 0.486. The first-order valence-corrected chi connectivity index (χ1v) is 8.31. The van der Waals surface area contributed by atoms with Gasteiger partial charge in [0.15, 0.2) is 0 Å². The molecule has 2 heteroatoms. The average molecular weight is 289 g/mol. The lowest BCUT2D eigenvalue weighted by Crippen LogP contribution is -2.38. The SMILES string of the molecule is CCNC(c1ccc(CC)cc1)C1CC(C)(C)OC1(C)C. The van der Waals surface area contributed by atoms with Gasteiger partial charge in [0.05, 0.1) is 11.2 Å². The van der Waals surface area contributed by atoms with Crippen molar-refractivity contribution < 1.29 is 4.74 Å². The van der Waals surface area contributed by atoms with Gasteiger partial charge in [0.2, 0.25) is 0 Å². The van der Waals surface area contributed by atoms with Crippen LogP contribution in [0.1, 0.15) is 65.1 Å². The molecule has 0 saturated carbocycles. The third-order valence-electron chi connectivity index (χ3n) is 4.72. The molecule has 2 rings (SSSR count). The van der Waals surface area contributed by atoms with Crippen molar-refractivity contribution in [1.29, 1.82) is 0 Å². The van der Waals surface area contributed by atoms with Crippen LogP contribution in [0.3, 0.4) is 0 Å². The Hall–Kier alpha value is -0.860. The zero-order valence-electron chi connectivity index (χ0n) is 14.5. The highest BCUT2D eigenvalue weighted by molar-refractivity contribution is 5.26. The van der Waals surface area contributed by atoms with Crippen LogP contribution in [0.25, 0.3) is 0 Å². The molecule has 21 heavy (non-hydrogen) atoms. The minimum absolute atomic E-state index is 0.0365. The van der Waals surface area contributed by atoms with E-state index < -0.39 is 0 Å². The van der Waals surface area contributed by atoms with E-state index in [4.69, 9.17) is 4.74 Å². The van der Waals surface area contributed by atoms with E-state index in [1.165, 1.54) is 11.1 Å². The van der Waals surface area contributed by atoms with E-state index in [9.17, 15) is 0 Å². The molecule has 2 unspecified atom stereocenters. The lowest BCUT2D eigenvalue weighted by Gasteiger charge is -2.34. The maximum Gasteiger partial charge on any atom is 0.0681 e. The Morgan fingerprint density at radius 2 is 1.76 bits per heavy atom. The van der Waals surface area contributed by atoms with Crippen molar-refractivity contribution in [3.05, 3.63) is 35.4 Å². The summed E-state index contributed by atoms with van der Waals surface area (Å²) in [6.07, 6.45) is 2.18. The Labute approximate surface area is 130 Å². The molecule has 0 aliphatic carbocycles. The Balaban J connectivity index is 2.29. The number of ether oxygens (including phenoxy) is 1. The summed E-state index contributed by atoms with van der Waals surface area (Å²) in [6.45, 7) is 14.2. The lowest BCUT2D eigenvalue weighted by atomic mass is 9.78. The molecular formula is C19H31NO. The molecule has 0 spiro atoms. The fourth-order valence-electron chi connectivity index (χ4n) is 3.80. The van der Waals surface area contributed by atoms with Crippen molar-refractivity contribution in [3.8, 4) is 0 Å². The van der Waals surface area contributed by atoms with Crippen LogP contribution >= 0.6 is 0 Å². The number of nitrogens with one attached hydrogen (secondary N) is 1. The standard InChI is InChI=1S/C19H31NO/c1-7-14-9-11-15(12-10-14)17(20-8-2)16-13-18(3,4)21-19(16,5)6/h9-12,16-17,20H,7-8,13H2,1-6H3. The molecule has 118 valence electrons. The van der Waals surface area contributed by atoms with Crippen LogP contribution in [-0.2, 0) is 11.2 Å². The quantitative estimate of drug-likeness (QED) is 0.862. The molecule has 1 saturated heterocycles. The van der Waals surface area contributed by atoms with Gasteiger partial charge in [-0.3, -0.25) is 0 Å². The number of hydrogen-bond acceptors (Lipinski definition) is 2. The van der Waals surface area contributed by atoms with Gasteiger partial charge in [-0.1, -0.05) is 38.1 Å². The third-order valence-corrected chi connectivity index (χ3v) is 4.72. The smallest absolute Gasteiger partial charge is 0.0681 e. The second-order valence-electron chi connectivity index (χ2n) is 7.41. The van der Waals surface area contributed by atoms with Gasteiger partial charge in [-0.2, -0.15) is 0 Å². The van der Waals surface area contributed by atoms with Crippen molar-refractivity contribution in [2.75, 3.05) is 6.54 Å². The van der Waals surface area contributed by atoms with Gasteiger partial charge in [-0.25, -0.2) is 0 Å². The number of rotatable bonds is 5. The summed E-state index contributed by atoms with van der Waals surface area (Å²) in [5, 5.41) is 3.69. The summed E-state index contributed by atoms with van der Waals surface area (Å²) in [5.41, 5.74) is 2.65. The van der Waals surface area contributed by atoms with Crippen LogP contribution in [0.15, 0.2) is 24.3 Å². The fraction of sp³-hybridized carbons (Fsp3) is 0.684. The van der Waals surface area contributed by atoms with Crippen molar-refractivity contribution in [1.82, 2.24) is 5.32 Å². The molecule has 1 aromatic carbocycles. The minimum atomic E-state index is -0.0975. The normalized spacial score (nSPS) is 25.0. The first-order chi connectivity index (χ1) is 9.79. The zero-order chi connectivity index (χ0) is 15.7. The Kier molecular flexibility index (Phi) is 4.79. The molecule has 0 aromatic heterocycles. The van der Waals surface area contributed by atoms with E-state index >= 15 is 0 Å². The van der Waals surface area contributed by atoms with Gasteiger partial charge in [0, 0.05) is 12.0 Å². The van der Waals surface area contributed by atoms with E-state index in [-0.39, 0.29) is 11.2 Å². The largest absolute Gasteiger partial charge is 0.369 e. The molecule has 1 N–H and O–H groups in total. The highest BCUT2D eigenvalue weighted by atomic mass is 16.5. The molecule has 2 atom stereocenters. The number of hydrogen-bond donors (Lipinski definition) is 1. The van der Waals surface area contributed by atoms with Gasteiger partial charge < -0.3 is 10.1 Å². The van der Waals surface area contributed by atoms with Crippen molar-refractivity contribution in [2.45, 2.75) is 71.6 Å². The molecule has 2 nitrogen and oxygen atoms in total. The topological polar surface area (TPSA) is 21.3 Å². The summed E-state index contributed by atoms with van der Waals surface area (Å²) < 4.78 is 6.30. The molecule has 0 bridgehead atoms. The van der Waals surface area contributed by atoms with E-state index in [0.717, 1.165) is 19.4 Å². The van der Waals surface area contributed by atoms with E-state index in [2.05, 4.69) is 71.1 Å².